The van der Waals surface area contributed by atoms with E-state index in [0.717, 1.165) is 43.0 Å². The first-order valence-electron chi connectivity index (χ1n) is 5.94. The highest BCUT2D eigenvalue weighted by Crippen LogP contribution is 2.21. The summed E-state index contributed by atoms with van der Waals surface area (Å²) < 4.78 is 0. The van der Waals surface area contributed by atoms with E-state index in [1.165, 1.54) is 0 Å². The highest BCUT2D eigenvalue weighted by atomic mass is 15.2. The van der Waals surface area contributed by atoms with Crippen molar-refractivity contribution in [2.45, 2.75) is 40.0 Å². The van der Waals surface area contributed by atoms with E-state index in [4.69, 9.17) is 5.73 Å². The molecule has 4 heteroatoms. The van der Waals surface area contributed by atoms with Crippen LogP contribution >= 0.6 is 0 Å². The number of hydrogen-bond acceptors (Lipinski definition) is 4. The predicted octanol–water partition coefficient (Wildman–Crippen LogP) is 2.17. The maximum absolute atomic E-state index is 5.91. The summed E-state index contributed by atoms with van der Waals surface area (Å²) in [5.41, 5.74) is 6.89. The molecular formula is C12H22N4. The molecule has 0 saturated carbocycles. The van der Waals surface area contributed by atoms with E-state index in [0.29, 0.717) is 5.82 Å². The van der Waals surface area contributed by atoms with Crippen molar-refractivity contribution in [3.8, 4) is 0 Å². The van der Waals surface area contributed by atoms with Crippen molar-refractivity contribution in [3.63, 3.8) is 0 Å². The Hall–Kier alpha value is -1.32. The quantitative estimate of drug-likeness (QED) is 0.829. The van der Waals surface area contributed by atoms with Crippen LogP contribution in [0.1, 0.15) is 38.1 Å². The number of nitrogens with two attached hydrogens (primary N) is 1. The van der Waals surface area contributed by atoms with E-state index < -0.39 is 0 Å². The largest absolute Gasteiger partial charge is 0.383 e. The molecule has 16 heavy (non-hydrogen) atoms. The van der Waals surface area contributed by atoms with Crippen LogP contribution in [0.3, 0.4) is 0 Å². The van der Waals surface area contributed by atoms with E-state index in [-0.39, 0.29) is 0 Å². The van der Waals surface area contributed by atoms with Crippen LogP contribution in [0, 0.1) is 6.92 Å². The Kier molecular flexibility index (Phi) is 4.52. The zero-order valence-electron chi connectivity index (χ0n) is 10.7. The first-order valence-corrected chi connectivity index (χ1v) is 5.94. The molecular weight excluding hydrogens is 200 g/mol. The summed E-state index contributed by atoms with van der Waals surface area (Å²) in [6.07, 6.45) is 3.03. The summed E-state index contributed by atoms with van der Waals surface area (Å²) in [7, 11) is 2.05. The van der Waals surface area contributed by atoms with Crippen LogP contribution in [0.4, 0.5) is 11.6 Å². The fourth-order valence-electron chi connectivity index (χ4n) is 1.72. The maximum Gasteiger partial charge on any atom is 0.137 e. The van der Waals surface area contributed by atoms with E-state index >= 15 is 0 Å². The summed E-state index contributed by atoms with van der Waals surface area (Å²) in [5.74, 6) is 2.43. The zero-order valence-corrected chi connectivity index (χ0v) is 10.7. The molecule has 1 aromatic heterocycles. The lowest BCUT2D eigenvalue weighted by Crippen LogP contribution is -2.22. The molecule has 1 rings (SSSR count). The van der Waals surface area contributed by atoms with Gasteiger partial charge in [0, 0.05) is 25.6 Å². The first-order chi connectivity index (χ1) is 7.60. The minimum Gasteiger partial charge on any atom is -0.383 e. The monoisotopic (exact) mass is 222 g/mol. The first kappa shape index (κ1) is 12.7. The molecule has 2 N–H and O–H groups in total. The van der Waals surface area contributed by atoms with Gasteiger partial charge in [-0.3, -0.25) is 0 Å². The summed E-state index contributed by atoms with van der Waals surface area (Å²) >= 11 is 0. The van der Waals surface area contributed by atoms with Crippen LogP contribution in [-0.2, 0) is 6.42 Å². The van der Waals surface area contributed by atoms with E-state index in [2.05, 4.69) is 28.7 Å². The third-order valence-electron chi connectivity index (χ3n) is 2.60. The maximum atomic E-state index is 5.91. The van der Waals surface area contributed by atoms with Crippen molar-refractivity contribution < 1.29 is 0 Å². The highest BCUT2D eigenvalue weighted by molar-refractivity contribution is 5.56. The summed E-state index contributed by atoms with van der Waals surface area (Å²) in [4.78, 5) is 11.0. The Morgan fingerprint density at radius 1 is 1.19 bits per heavy atom. The lowest BCUT2D eigenvalue weighted by atomic mass is 10.2. The van der Waals surface area contributed by atoms with Crippen molar-refractivity contribution in [1.82, 2.24) is 9.97 Å². The molecule has 0 amide bonds. The molecule has 0 aliphatic heterocycles. The molecule has 0 unspecified atom stereocenters. The van der Waals surface area contributed by atoms with Gasteiger partial charge < -0.3 is 10.6 Å². The molecule has 0 aliphatic carbocycles. The van der Waals surface area contributed by atoms with Gasteiger partial charge in [0.25, 0.3) is 0 Å². The molecule has 0 aromatic carbocycles. The molecule has 0 atom stereocenters. The number of hydrogen-bond donors (Lipinski definition) is 1. The normalized spacial score (nSPS) is 10.5. The van der Waals surface area contributed by atoms with Gasteiger partial charge in [-0.25, -0.2) is 9.97 Å². The van der Waals surface area contributed by atoms with Crippen LogP contribution in [0.15, 0.2) is 0 Å². The molecule has 0 aliphatic rings. The Labute approximate surface area is 97.9 Å². The van der Waals surface area contributed by atoms with Gasteiger partial charge in [-0.1, -0.05) is 13.8 Å². The Bertz CT molecular complexity index is 349. The average Bonchev–Trinajstić information content (AvgIpc) is 2.23. The van der Waals surface area contributed by atoms with Gasteiger partial charge >= 0.3 is 0 Å². The smallest absolute Gasteiger partial charge is 0.137 e. The SMILES string of the molecule is CCCc1nc(N)c(C)c(N(C)CCC)n1. The van der Waals surface area contributed by atoms with Gasteiger partial charge in [-0.15, -0.1) is 0 Å². The Morgan fingerprint density at radius 2 is 1.88 bits per heavy atom. The van der Waals surface area contributed by atoms with Crippen molar-refractivity contribution >= 4 is 11.6 Å². The standard InChI is InChI=1S/C12H22N4/c1-5-7-10-14-11(13)9(3)12(15-10)16(4)8-6-2/h5-8H2,1-4H3,(H2,13,14,15). The van der Waals surface area contributed by atoms with Gasteiger partial charge in [0.2, 0.25) is 0 Å². The third kappa shape index (κ3) is 2.84. The number of nitrogen functional groups attached to an aromatic ring is 1. The average molecular weight is 222 g/mol. The molecule has 0 spiro atoms. The molecule has 4 nitrogen and oxygen atoms in total. The van der Waals surface area contributed by atoms with E-state index in [9.17, 15) is 0 Å². The van der Waals surface area contributed by atoms with Crippen molar-refractivity contribution in [1.29, 1.82) is 0 Å². The van der Waals surface area contributed by atoms with Crippen LogP contribution in [0.5, 0.6) is 0 Å². The molecule has 90 valence electrons. The van der Waals surface area contributed by atoms with E-state index in [1.807, 2.05) is 14.0 Å². The summed E-state index contributed by atoms with van der Waals surface area (Å²) in [5, 5.41) is 0. The second-order valence-corrected chi connectivity index (χ2v) is 4.15. The number of anilines is 2. The summed E-state index contributed by atoms with van der Waals surface area (Å²) in [6.45, 7) is 7.24. The second-order valence-electron chi connectivity index (χ2n) is 4.15. The number of rotatable bonds is 5. The third-order valence-corrected chi connectivity index (χ3v) is 2.60. The van der Waals surface area contributed by atoms with Crippen molar-refractivity contribution in [2.24, 2.45) is 0 Å². The molecule has 0 bridgehead atoms. The van der Waals surface area contributed by atoms with Crippen LogP contribution in [-0.4, -0.2) is 23.6 Å². The number of aromatic nitrogens is 2. The fraction of sp³-hybridized carbons (Fsp3) is 0.667. The van der Waals surface area contributed by atoms with Crippen LogP contribution in [0.2, 0.25) is 0 Å². The van der Waals surface area contributed by atoms with Gasteiger partial charge in [0.05, 0.1) is 0 Å². The van der Waals surface area contributed by atoms with E-state index in [1.54, 1.807) is 0 Å². The fourth-order valence-corrected chi connectivity index (χ4v) is 1.72. The molecule has 0 radical (unpaired) electrons. The van der Waals surface area contributed by atoms with Crippen LogP contribution in [0.25, 0.3) is 0 Å². The molecule has 1 aromatic rings. The zero-order chi connectivity index (χ0) is 12.1. The number of nitrogens with zero attached hydrogens (tertiary/aromatic N) is 3. The number of aryl methyl sites for hydroxylation is 1. The Balaban J connectivity index is 3.05. The minimum absolute atomic E-state index is 0.608. The van der Waals surface area contributed by atoms with Gasteiger partial charge in [0.1, 0.15) is 17.5 Å². The molecule has 1 heterocycles. The minimum atomic E-state index is 0.608. The van der Waals surface area contributed by atoms with Crippen LogP contribution < -0.4 is 10.6 Å². The van der Waals surface area contributed by atoms with Crippen molar-refractivity contribution in [2.75, 3.05) is 24.2 Å². The van der Waals surface area contributed by atoms with Crippen molar-refractivity contribution in [3.05, 3.63) is 11.4 Å². The van der Waals surface area contributed by atoms with Gasteiger partial charge in [-0.2, -0.15) is 0 Å². The molecule has 0 fully saturated rings. The summed E-state index contributed by atoms with van der Waals surface area (Å²) in [6, 6.07) is 0. The topological polar surface area (TPSA) is 55.0 Å². The highest BCUT2D eigenvalue weighted by Gasteiger charge is 2.11. The predicted molar refractivity (Wildman–Crippen MR) is 68.7 cm³/mol. The Morgan fingerprint density at radius 3 is 2.44 bits per heavy atom. The molecule has 0 saturated heterocycles. The lowest BCUT2D eigenvalue weighted by molar-refractivity contribution is 0.794. The second kappa shape index (κ2) is 5.68. The van der Waals surface area contributed by atoms with Gasteiger partial charge in [-0.05, 0) is 19.8 Å². The lowest BCUT2D eigenvalue weighted by Gasteiger charge is -2.20. The van der Waals surface area contributed by atoms with Gasteiger partial charge in [0.15, 0.2) is 0 Å².